The number of rotatable bonds is 6. The molecule has 0 saturated heterocycles. The van der Waals surface area contributed by atoms with Gasteiger partial charge in [0, 0.05) is 11.3 Å². The minimum absolute atomic E-state index is 0.0514. The number of hydrogen-bond acceptors (Lipinski definition) is 6. The molecule has 0 saturated carbocycles. The van der Waals surface area contributed by atoms with Gasteiger partial charge in [-0.1, -0.05) is 49.4 Å². The minimum Gasteiger partial charge on any atom is -0.483 e. The summed E-state index contributed by atoms with van der Waals surface area (Å²) in [6.07, 6.45) is 1.56. The number of aromatic nitrogens is 4. The Morgan fingerprint density at radius 2 is 2.10 bits per heavy atom. The normalized spacial score (nSPS) is 11.2. The highest BCUT2D eigenvalue weighted by atomic mass is 32.1. The molecule has 0 unspecified atom stereocenters. The molecule has 0 radical (unpaired) electrons. The van der Waals surface area contributed by atoms with Gasteiger partial charge in [-0.05, 0) is 42.2 Å². The molecule has 2 heterocycles. The van der Waals surface area contributed by atoms with Gasteiger partial charge in [0.05, 0.1) is 0 Å². The van der Waals surface area contributed by atoms with Crippen molar-refractivity contribution in [1.82, 2.24) is 19.8 Å². The Balaban J connectivity index is 1.44. The highest BCUT2D eigenvalue weighted by Gasteiger charge is 2.12. The van der Waals surface area contributed by atoms with Crippen molar-refractivity contribution in [3.63, 3.8) is 0 Å². The quantitative estimate of drug-likeness (QED) is 0.515. The van der Waals surface area contributed by atoms with Gasteiger partial charge in [-0.15, -0.1) is 10.2 Å². The van der Waals surface area contributed by atoms with E-state index in [2.05, 4.69) is 46.6 Å². The third-order valence-corrected chi connectivity index (χ3v) is 5.39. The van der Waals surface area contributed by atoms with Crippen molar-refractivity contribution >= 4 is 27.9 Å². The van der Waals surface area contributed by atoms with Gasteiger partial charge in [-0.2, -0.15) is 9.61 Å². The molecule has 0 aliphatic heterocycles. The molecule has 2 aromatic heterocycles. The zero-order chi connectivity index (χ0) is 20.4. The van der Waals surface area contributed by atoms with Crippen molar-refractivity contribution in [2.45, 2.75) is 26.7 Å². The van der Waals surface area contributed by atoms with Crippen LogP contribution < -0.4 is 10.1 Å². The van der Waals surface area contributed by atoms with Gasteiger partial charge in [0.25, 0.3) is 5.91 Å². The number of hydrogen-bond donors (Lipinski definition) is 1. The van der Waals surface area contributed by atoms with Crippen LogP contribution in [-0.4, -0.2) is 32.3 Å². The molecule has 2 aromatic carbocycles. The van der Waals surface area contributed by atoms with Crippen LogP contribution in [0.2, 0.25) is 0 Å². The monoisotopic (exact) mass is 407 g/mol. The summed E-state index contributed by atoms with van der Waals surface area (Å²) < 4.78 is 7.45. The molecule has 0 aliphatic rings. The first-order valence-corrected chi connectivity index (χ1v) is 10.1. The predicted octanol–water partition coefficient (Wildman–Crippen LogP) is 4.30. The van der Waals surface area contributed by atoms with E-state index in [-0.39, 0.29) is 12.5 Å². The predicted molar refractivity (Wildman–Crippen MR) is 113 cm³/mol. The molecule has 148 valence electrons. The molecule has 7 nitrogen and oxygen atoms in total. The summed E-state index contributed by atoms with van der Waals surface area (Å²) in [7, 11) is 0. The van der Waals surface area contributed by atoms with Crippen molar-refractivity contribution in [3.05, 3.63) is 59.9 Å². The van der Waals surface area contributed by atoms with Gasteiger partial charge in [-0.25, -0.2) is 0 Å². The number of amides is 1. The first kappa shape index (κ1) is 19.1. The Hall–Kier alpha value is -3.26. The van der Waals surface area contributed by atoms with Crippen molar-refractivity contribution in [1.29, 1.82) is 0 Å². The summed E-state index contributed by atoms with van der Waals surface area (Å²) >= 11 is 1.44. The van der Waals surface area contributed by atoms with E-state index in [0.29, 0.717) is 11.6 Å². The van der Waals surface area contributed by atoms with Crippen LogP contribution in [0.15, 0.2) is 48.8 Å². The Labute approximate surface area is 172 Å². The smallest absolute Gasteiger partial charge is 0.262 e. The lowest BCUT2D eigenvalue weighted by atomic mass is 10.0. The largest absolute Gasteiger partial charge is 0.483 e. The number of nitrogens with zero attached hydrogens (tertiary/aromatic N) is 4. The van der Waals surface area contributed by atoms with E-state index in [1.807, 2.05) is 37.3 Å². The highest BCUT2D eigenvalue weighted by Crippen LogP contribution is 2.28. The fourth-order valence-electron chi connectivity index (χ4n) is 2.99. The number of benzene rings is 2. The zero-order valence-electron chi connectivity index (χ0n) is 16.4. The second-order valence-electron chi connectivity index (χ2n) is 7.08. The van der Waals surface area contributed by atoms with Crippen LogP contribution >= 0.6 is 11.3 Å². The van der Waals surface area contributed by atoms with E-state index in [9.17, 15) is 4.79 Å². The lowest BCUT2D eigenvalue weighted by Gasteiger charge is -2.15. The van der Waals surface area contributed by atoms with Gasteiger partial charge >= 0.3 is 0 Å². The van der Waals surface area contributed by atoms with E-state index in [1.54, 1.807) is 10.8 Å². The SMILES string of the molecule is Cc1ccc(C(C)C)c(OCC(=O)Nc2cccc(-c3nn4cnnc4s3)c2)c1. The first-order valence-electron chi connectivity index (χ1n) is 9.30. The van der Waals surface area contributed by atoms with Crippen LogP contribution in [0.1, 0.15) is 30.9 Å². The Kier molecular flexibility index (Phi) is 5.26. The number of anilines is 1. The van der Waals surface area contributed by atoms with E-state index in [0.717, 1.165) is 32.4 Å². The molecule has 0 bridgehead atoms. The number of carbonyl (C=O) groups excluding carboxylic acids is 1. The molecule has 0 fully saturated rings. The fraction of sp³-hybridized carbons (Fsp3) is 0.238. The van der Waals surface area contributed by atoms with Crippen molar-refractivity contribution in [2.75, 3.05) is 11.9 Å². The number of fused-ring (bicyclic) bond motifs is 1. The molecule has 0 aliphatic carbocycles. The van der Waals surface area contributed by atoms with Crippen LogP contribution in [-0.2, 0) is 4.79 Å². The lowest BCUT2D eigenvalue weighted by molar-refractivity contribution is -0.118. The Bertz CT molecular complexity index is 1140. The van der Waals surface area contributed by atoms with Crippen molar-refractivity contribution in [3.8, 4) is 16.3 Å². The summed E-state index contributed by atoms with van der Waals surface area (Å²) in [5.74, 6) is 0.861. The summed E-state index contributed by atoms with van der Waals surface area (Å²) in [4.78, 5) is 13.2. The number of nitrogens with one attached hydrogen (secondary N) is 1. The number of ether oxygens (including phenoxy) is 1. The minimum atomic E-state index is -0.212. The standard InChI is InChI=1S/C21H21N5O2S/c1-13(2)17-8-7-14(3)9-18(17)28-11-19(27)23-16-6-4-5-15(10-16)20-25-26-12-22-24-21(26)29-20/h4-10,12-13H,11H2,1-3H3,(H,23,27). The van der Waals surface area contributed by atoms with Gasteiger partial charge in [0.1, 0.15) is 17.1 Å². The molecule has 4 aromatic rings. The summed E-state index contributed by atoms with van der Waals surface area (Å²) in [5, 5.41) is 16.0. The number of carbonyl (C=O) groups is 1. The average molecular weight is 407 g/mol. The first-order chi connectivity index (χ1) is 14.0. The number of aryl methyl sites for hydroxylation is 1. The van der Waals surface area contributed by atoms with Crippen LogP contribution in [0.4, 0.5) is 5.69 Å². The summed E-state index contributed by atoms with van der Waals surface area (Å²) in [6.45, 7) is 6.17. The zero-order valence-corrected chi connectivity index (χ0v) is 17.2. The molecular weight excluding hydrogens is 386 g/mol. The molecule has 4 rings (SSSR count). The van der Waals surface area contributed by atoms with E-state index >= 15 is 0 Å². The topological polar surface area (TPSA) is 81.4 Å². The van der Waals surface area contributed by atoms with E-state index in [4.69, 9.17) is 4.74 Å². The third-order valence-electron chi connectivity index (χ3n) is 4.43. The van der Waals surface area contributed by atoms with Gasteiger partial charge in [0.15, 0.2) is 6.61 Å². The Morgan fingerprint density at radius 1 is 1.24 bits per heavy atom. The second-order valence-corrected chi connectivity index (χ2v) is 8.03. The van der Waals surface area contributed by atoms with E-state index < -0.39 is 0 Å². The second kappa shape index (κ2) is 8.00. The van der Waals surface area contributed by atoms with Gasteiger partial charge in [0.2, 0.25) is 4.96 Å². The maximum Gasteiger partial charge on any atom is 0.262 e. The summed E-state index contributed by atoms with van der Waals surface area (Å²) in [6, 6.07) is 13.6. The fourth-order valence-corrected chi connectivity index (χ4v) is 3.81. The molecule has 0 atom stereocenters. The van der Waals surface area contributed by atoms with Gasteiger partial charge in [-0.3, -0.25) is 4.79 Å². The maximum absolute atomic E-state index is 12.4. The molecule has 1 amide bonds. The van der Waals surface area contributed by atoms with E-state index in [1.165, 1.54) is 11.3 Å². The van der Waals surface area contributed by atoms with Gasteiger partial charge < -0.3 is 10.1 Å². The average Bonchev–Trinajstić information content (AvgIpc) is 3.28. The van der Waals surface area contributed by atoms with Crippen LogP contribution in [0.3, 0.4) is 0 Å². The molecule has 1 N–H and O–H groups in total. The van der Waals surface area contributed by atoms with Crippen LogP contribution in [0.25, 0.3) is 15.5 Å². The van der Waals surface area contributed by atoms with Crippen LogP contribution in [0.5, 0.6) is 5.75 Å². The molecule has 8 heteroatoms. The third kappa shape index (κ3) is 4.27. The molecule has 29 heavy (non-hydrogen) atoms. The summed E-state index contributed by atoms with van der Waals surface area (Å²) in [5.41, 5.74) is 3.78. The molecular formula is C21H21N5O2S. The van der Waals surface area contributed by atoms with Crippen LogP contribution in [0, 0.1) is 6.92 Å². The Morgan fingerprint density at radius 3 is 2.90 bits per heavy atom. The molecule has 0 spiro atoms. The maximum atomic E-state index is 12.4. The van der Waals surface area contributed by atoms with Crippen molar-refractivity contribution in [2.24, 2.45) is 0 Å². The lowest BCUT2D eigenvalue weighted by Crippen LogP contribution is -2.20. The highest BCUT2D eigenvalue weighted by molar-refractivity contribution is 7.19. The van der Waals surface area contributed by atoms with Crippen molar-refractivity contribution < 1.29 is 9.53 Å².